The number of ether oxygens (including phenoxy) is 1. The first-order valence-corrected chi connectivity index (χ1v) is 7.42. The lowest BCUT2D eigenvalue weighted by Gasteiger charge is -1.99. The fourth-order valence-corrected chi connectivity index (χ4v) is 2.37. The number of cyclic esters (lactones) is 1. The summed E-state index contributed by atoms with van der Waals surface area (Å²) >= 11 is 0. The number of hydrogen-bond donors (Lipinski definition) is 0. The van der Waals surface area contributed by atoms with Crippen LogP contribution in [0.5, 0.6) is 0 Å². The van der Waals surface area contributed by atoms with E-state index in [4.69, 9.17) is 4.74 Å². The molecule has 1 aliphatic heterocycles. The van der Waals surface area contributed by atoms with Crippen molar-refractivity contribution in [1.82, 2.24) is 0 Å². The Bertz CT molecular complexity index is 966. The second-order valence-corrected chi connectivity index (χ2v) is 5.34. The van der Waals surface area contributed by atoms with Crippen LogP contribution in [0.3, 0.4) is 0 Å². The minimum atomic E-state index is -0.756. The molecule has 9 heteroatoms. The standard InChI is InChI=1S/C17H11N3O6/c21-17-14(18-16(26-17)8-11-4-2-1-3-5-11)9-12-6-7-13(19(22)23)10-15(12)20(24)25/h1-7,9-10H,8H2/b14-9+. The van der Waals surface area contributed by atoms with Gasteiger partial charge in [-0.3, -0.25) is 20.2 Å². The molecule has 0 spiro atoms. The third-order valence-corrected chi connectivity index (χ3v) is 3.58. The molecular weight excluding hydrogens is 342 g/mol. The largest absolute Gasteiger partial charge is 0.406 e. The normalized spacial score (nSPS) is 14.8. The van der Waals surface area contributed by atoms with Gasteiger partial charge in [-0.2, -0.15) is 0 Å². The number of nitro benzene ring substituents is 2. The molecule has 0 aliphatic carbocycles. The molecule has 0 aromatic heterocycles. The number of nitrogens with zero attached hydrogens (tertiary/aromatic N) is 3. The highest BCUT2D eigenvalue weighted by Gasteiger charge is 2.25. The third-order valence-electron chi connectivity index (χ3n) is 3.58. The second-order valence-electron chi connectivity index (χ2n) is 5.34. The van der Waals surface area contributed by atoms with E-state index in [-0.39, 0.29) is 17.2 Å². The minimum absolute atomic E-state index is 0.0252. The Balaban J connectivity index is 1.93. The summed E-state index contributed by atoms with van der Waals surface area (Å²) in [5.41, 5.74) is -0.0981. The lowest BCUT2D eigenvalue weighted by atomic mass is 10.1. The number of non-ortho nitro benzene ring substituents is 1. The number of rotatable bonds is 5. The molecule has 1 heterocycles. The van der Waals surface area contributed by atoms with Crippen LogP contribution >= 0.6 is 0 Å². The first-order valence-electron chi connectivity index (χ1n) is 7.42. The molecule has 9 nitrogen and oxygen atoms in total. The Morgan fingerprint density at radius 2 is 1.77 bits per heavy atom. The van der Waals surface area contributed by atoms with Crippen molar-refractivity contribution in [3.63, 3.8) is 0 Å². The lowest BCUT2D eigenvalue weighted by molar-refractivity contribution is -0.394. The molecule has 26 heavy (non-hydrogen) atoms. The molecule has 0 radical (unpaired) electrons. The maximum absolute atomic E-state index is 12.0. The van der Waals surface area contributed by atoms with Crippen molar-refractivity contribution in [3.05, 3.63) is 85.6 Å². The fourth-order valence-electron chi connectivity index (χ4n) is 2.37. The molecule has 0 bridgehead atoms. The highest BCUT2D eigenvalue weighted by Crippen LogP contribution is 2.28. The van der Waals surface area contributed by atoms with Gasteiger partial charge >= 0.3 is 5.97 Å². The van der Waals surface area contributed by atoms with Gasteiger partial charge in [-0.1, -0.05) is 30.3 Å². The lowest BCUT2D eigenvalue weighted by Crippen LogP contribution is -2.06. The van der Waals surface area contributed by atoms with E-state index in [0.29, 0.717) is 6.42 Å². The maximum Gasteiger partial charge on any atom is 0.363 e. The Morgan fingerprint density at radius 1 is 1.04 bits per heavy atom. The van der Waals surface area contributed by atoms with Gasteiger partial charge < -0.3 is 4.74 Å². The van der Waals surface area contributed by atoms with Gasteiger partial charge in [-0.25, -0.2) is 9.79 Å². The third kappa shape index (κ3) is 3.61. The number of carbonyl (C=O) groups is 1. The van der Waals surface area contributed by atoms with Gasteiger partial charge in [0.2, 0.25) is 5.90 Å². The van der Waals surface area contributed by atoms with E-state index in [1.807, 2.05) is 30.3 Å². The summed E-state index contributed by atoms with van der Waals surface area (Å²) in [6.45, 7) is 0. The Kier molecular flexibility index (Phi) is 4.52. The fraction of sp³-hybridized carbons (Fsp3) is 0.0588. The van der Waals surface area contributed by atoms with Crippen LogP contribution in [0, 0.1) is 20.2 Å². The summed E-state index contributed by atoms with van der Waals surface area (Å²) in [7, 11) is 0. The molecular formula is C17H11N3O6. The van der Waals surface area contributed by atoms with E-state index in [1.165, 1.54) is 12.1 Å². The maximum atomic E-state index is 12.0. The SMILES string of the molecule is O=C1OC(Cc2ccccc2)=N/C1=C/c1ccc([N+](=O)[O-])cc1[N+](=O)[O-]. The molecule has 2 aromatic rings. The van der Waals surface area contributed by atoms with Gasteiger partial charge in [0.25, 0.3) is 11.4 Å². The zero-order valence-electron chi connectivity index (χ0n) is 13.2. The minimum Gasteiger partial charge on any atom is -0.406 e. The monoisotopic (exact) mass is 353 g/mol. The van der Waals surface area contributed by atoms with Crippen molar-refractivity contribution < 1.29 is 19.4 Å². The van der Waals surface area contributed by atoms with Gasteiger partial charge in [0.1, 0.15) is 0 Å². The van der Waals surface area contributed by atoms with E-state index in [1.54, 1.807) is 0 Å². The van der Waals surface area contributed by atoms with Gasteiger partial charge in [0, 0.05) is 12.5 Å². The van der Waals surface area contributed by atoms with Crippen LogP contribution in [0.25, 0.3) is 6.08 Å². The molecule has 0 fully saturated rings. The van der Waals surface area contributed by atoms with Crippen LogP contribution in [0.1, 0.15) is 11.1 Å². The van der Waals surface area contributed by atoms with E-state index >= 15 is 0 Å². The molecule has 0 unspecified atom stereocenters. The second kappa shape index (κ2) is 6.93. The summed E-state index contributed by atoms with van der Waals surface area (Å²) < 4.78 is 5.08. The molecule has 130 valence electrons. The van der Waals surface area contributed by atoms with Crippen molar-refractivity contribution in [3.8, 4) is 0 Å². The van der Waals surface area contributed by atoms with Crippen LogP contribution in [0.2, 0.25) is 0 Å². The molecule has 2 aromatic carbocycles. The number of benzene rings is 2. The van der Waals surface area contributed by atoms with Gasteiger partial charge in [0.15, 0.2) is 5.70 Å². The van der Waals surface area contributed by atoms with Crippen LogP contribution in [0.4, 0.5) is 11.4 Å². The molecule has 0 N–H and O–H groups in total. The summed E-state index contributed by atoms with van der Waals surface area (Å²) in [6.07, 6.45) is 1.48. The van der Waals surface area contributed by atoms with E-state index in [9.17, 15) is 25.0 Å². The first-order chi connectivity index (χ1) is 12.4. The van der Waals surface area contributed by atoms with Crippen molar-refractivity contribution >= 4 is 29.3 Å². The van der Waals surface area contributed by atoms with E-state index in [2.05, 4.69) is 4.99 Å². The molecule has 0 atom stereocenters. The number of esters is 1. The number of hydrogen-bond acceptors (Lipinski definition) is 7. The van der Waals surface area contributed by atoms with Crippen molar-refractivity contribution in [1.29, 1.82) is 0 Å². The zero-order chi connectivity index (χ0) is 18.7. The van der Waals surface area contributed by atoms with Gasteiger partial charge in [-0.15, -0.1) is 0 Å². The van der Waals surface area contributed by atoms with E-state index < -0.39 is 27.2 Å². The van der Waals surface area contributed by atoms with Gasteiger partial charge in [0.05, 0.1) is 21.5 Å². The number of aliphatic imine (C=N–C) groups is 1. The molecule has 0 saturated heterocycles. The Hall–Kier alpha value is -3.88. The van der Waals surface area contributed by atoms with Crippen molar-refractivity contribution in [2.24, 2.45) is 4.99 Å². The number of carbonyl (C=O) groups excluding carboxylic acids is 1. The molecule has 3 rings (SSSR count). The zero-order valence-corrected chi connectivity index (χ0v) is 13.2. The summed E-state index contributed by atoms with van der Waals surface area (Å²) in [4.78, 5) is 36.5. The van der Waals surface area contributed by atoms with Crippen LogP contribution in [0.15, 0.2) is 59.2 Å². The quantitative estimate of drug-likeness (QED) is 0.352. The highest BCUT2D eigenvalue weighted by atomic mass is 16.6. The predicted molar refractivity (Wildman–Crippen MR) is 91.4 cm³/mol. The molecule has 0 amide bonds. The first kappa shape index (κ1) is 17.0. The van der Waals surface area contributed by atoms with Crippen molar-refractivity contribution in [2.45, 2.75) is 6.42 Å². The Labute approximate surface area is 146 Å². The van der Waals surface area contributed by atoms with Crippen LogP contribution < -0.4 is 0 Å². The van der Waals surface area contributed by atoms with Crippen LogP contribution in [-0.4, -0.2) is 21.7 Å². The van der Waals surface area contributed by atoms with Gasteiger partial charge in [-0.05, 0) is 17.7 Å². The topological polar surface area (TPSA) is 125 Å². The smallest absolute Gasteiger partial charge is 0.363 e. The highest BCUT2D eigenvalue weighted by molar-refractivity contribution is 6.07. The van der Waals surface area contributed by atoms with Crippen LogP contribution in [-0.2, 0) is 16.0 Å². The Morgan fingerprint density at radius 3 is 2.42 bits per heavy atom. The number of nitro groups is 2. The van der Waals surface area contributed by atoms with Crippen molar-refractivity contribution in [2.75, 3.05) is 0 Å². The summed E-state index contributed by atoms with van der Waals surface area (Å²) in [5.74, 6) is -0.555. The van der Waals surface area contributed by atoms with E-state index in [0.717, 1.165) is 17.7 Å². The average molecular weight is 353 g/mol. The molecule has 0 saturated carbocycles. The molecule has 1 aliphatic rings. The predicted octanol–water partition coefficient (Wildman–Crippen LogP) is 3.04. The summed E-state index contributed by atoms with van der Waals surface area (Å²) in [6, 6.07) is 12.4. The average Bonchev–Trinajstić information content (AvgIpc) is 2.94. The summed E-state index contributed by atoms with van der Waals surface area (Å²) in [5, 5.41) is 21.9.